The highest BCUT2D eigenvalue weighted by atomic mass is 19.1. The van der Waals surface area contributed by atoms with Gasteiger partial charge in [-0.25, -0.2) is 4.39 Å². The van der Waals surface area contributed by atoms with Gasteiger partial charge in [0.2, 0.25) is 0 Å². The van der Waals surface area contributed by atoms with Crippen LogP contribution in [0.1, 0.15) is 0 Å². The Morgan fingerprint density at radius 2 is 0.420 bits per heavy atom. The van der Waals surface area contributed by atoms with Crippen molar-refractivity contribution in [3.05, 3.63) is 291 Å². The third kappa shape index (κ3) is 9.10. The monoisotopic (exact) mass is 886 g/mol. The third-order valence-electron chi connectivity index (χ3n) is 12.8. The molecule has 0 N–H and O–H groups in total. The Balaban J connectivity index is 1.18. The maximum absolute atomic E-state index is 14.9. The summed E-state index contributed by atoms with van der Waals surface area (Å²) in [5.74, 6) is -0.283. The highest BCUT2D eigenvalue weighted by Crippen LogP contribution is 2.50. The molecule has 0 aliphatic heterocycles. The summed E-state index contributed by atoms with van der Waals surface area (Å²) in [6.07, 6.45) is 0. The molecule has 328 valence electrons. The summed E-state index contributed by atoms with van der Waals surface area (Å²) in [7, 11) is 0. The second-order valence-electron chi connectivity index (χ2n) is 17.1. The van der Waals surface area contributed by atoms with E-state index >= 15 is 0 Å². The van der Waals surface area contributed by atoms with Crippen molar-refractivity contribution >= 4 is 34.1 Å². The predicted octanol–water partition coefficient (Wildman–Crippen LogP) is 18.8. The normalized spacial score (nSPS) is 11.0. The van der Waals surface area contributed by atoms with E-state index in [4.69, 9.17) is 0 Å². The molecule has 0 fully saturated rings. The molecule has 0 radical (unpaired) electrons. The molecule has 0 aromatic heterocycles. The summed E-state index contributed by atoms with van der Waals surface area (Å²) in [5.41, 5.74) is 19.0. The van der Waals surface area contributed by atoms with Gasteiger partial charge in [0.15, 0.2) is 0 Å². The molecule has 0 saturated heterocycles. The molecule has 11 aromatic carbocycles. The zero-order chi connectivity index (χ0) is 46.4. The van der Waals surface area contributed by atoms with Gasteiger partial charge in [0.1, 0.15) is 5.82 Å². The summed E-state index contributed by atoms with van der Waals surface area (Å²) >= 11 is 0. The standard InChI is InChI=1S/C66H47FN2/c67-58-36-26-57(27-37-58)64-46-63(56-24-14-5-15-25-56)65(68(59-38-28-52(29-39-59)48-16-6-1-7-17-48)60-40-30-53(31-41-60)49-18-8-2-9-19-49)47-66(64)69(61-42-32-54(33-43-61)50-20-10-3-11-21-50)62-44-34-55(35-45-62)51-22-12-4-13-23-51/h1-47H. The maximum Gasteiger partial charge on any atom is 0.123 e. The van der Waals surface area contributed by atoms with Crippen LogP contribution in [0.4, 0.5) is 38.5 Å². The first-order chi connectivity index (χ1) is 34.1. The molecule has 0 amide bonds. The van der Waals surface area contributed by atoms with Gasteiger partial charge in [0.05, 0.1) is 11.4 Å². The fourth-order valence-electron chi connectivity index (χ4n) is 9.25. The summed E-state index contributed by atoms with van der Waals surface area (Å²) in [4.78, 5) is 4.72. The van der Waals surface area contributed by atoms with Gasteiger partial charge in [-0.15, -0.1) is 0 Å². The van der Waals surface area contributed by atoms with Crippen LogP contribution in [-0.4, -0.2) is 0 Å². The lowest BCUT2D eigenvalue weighted by Crippen LogP contribution is -2.15. The first-order valence-electron chi connectivity index (χ1n) is 23.3. The zero-order valence-electron chi connectivity index (χ0n) is 37.9. The molecule has 0 atom stereocenters. The quantitative estimate of drug-likeness (QED) is 0.121. The third-order valence-corrected chi connectivity index (χ3v) is 12.8. The van der Waals surface area contributed by atoms with Crippen LogP contribution >= 0.6 is 0 Å². The van der Waals surface area contributed by atoms with Crippen molar-refractivity contribution in [3.8, 4) is 66.8 Å². The summed E-state index contributed by atoms with van der Waals surface area (Å²) in [6, 6.07) is 99.4. The average Bonchev–Trinajstić information content (AvgIpc) is 3.43. The van der Waals surface area contributed by atoms with Crippen LogP contribution in [-0.2, 0) is 0 Å². The molecule has 0 aliphatic rings. The van der Waals surface area contributed by atoms with Crippen LogP contribution in [0, 0.1) is 5.82 Å². The van der Waals surface area contributed by atoms with Crippen molar-refractivity contribution in [2.75, 3.05) is 9.80 Å². The fourth-order valence-corrected chi connectivity index (χ4v) is 9.25. The smallest absolute Gasteiger partial charge is 0.123 e. The van der Waals surface area contributed by atoms with E-state index in [1.54, 1.807) is 12.1 Å². The number of halogens is 1. The van der Waals surface area contributed by atoms with Crippen molar-refractivity contribution in [3.63, 3.8) is 0 Å². The van der Waals surface area contributed by atoms with Gasteiger partial charge in [-0.05, 0) is 128 Å². The van der Waals surface area contributed by atoms with Gasteiger partial charge < -0.3 is 9.80 Å². The first kappa shape index (κ1) is 42.6. The minimum Gasteiger partial charge on any atom is -0.310 e. The van der Waals surface area contributed by atoms with Gasteiger partial charge >= 0.3 is 0 Å². The average molecular weight is 887 g/mol. The number of anilines is 6. The van der Waals surface area contributed by atoms with E-state index in [1.165, 1.54) is 0 Å². The molecule has 69 heavy (non-hydrogen) atoms. The second-order valence-corrected chi connectivity index (χ2v) is 17.1. The molecule has 0 unspecified atom stereocenters. The van der Waals surface area contributed by atoms with Gasteiger partial charge in [0.25, 0.3) is 0 Å². The second kappa shape index (κ2) is 19.4. The lowest BCUT2D eigenvalue weighted by molar-refractivity contribution is 0.628. The van der Waals surface area contributed by atoms with Crippen molar-refractivity contribution in [2.45, 2.75) is 0 Å². The number of hydrogen-bond donors (Lipinski definition) is 0. The zero-order valence-corrected chi connectivity index (χ0v) is 37.9. The van der Waals surface area contributed by atoms with E-state index < -0.39 is 0 Å². The predicted molar refractivity (Wildman–Crippen MR) is 288 cm³/mol. The van der Waals surface area contributed by atoms with E-state index in [9.17, 15) is 4.39 Å². The SMILES string of the molecule is Fc1ccc(-c2cc(-c3ccccc3)c(N(c3ccc(-c4ccccc4)cc3)c3ccc(-c4ccccc4)cc3)cc2N(c2ccc(-c3ccccc3)cc2)c2ccc(-c3ccccc3)cc2)cc1. The highest BCUT2D eigenvalue weighted by molar-refractivity contribution is 5.99. The van der Waals surface area contributed by atoms with E-state index in [0.717, 1.165) is 101 Å². The van der Waals surface area contributed by atoms with E-state index in [0.29, 0.717) is 0 Å². The van der Waals surface area contributed by atoms with E-state index in [1.807, 2.05) is 24.3 Å². The van der Waals surface area contributed by atoms with Crippen molar-refractivity contribution < 1.29 is 4.39 Å². The molecule has 2 nitrogen and oxygen atoms in total. The van der Waals surface area contributed by atoms with Crippen LogP contribution in [0.2, 0.25) is 0 Å². The summed E-state index contributed by atoms with van der Waals surface area (Å²) in [6.45, 7) is 0. The molecule has 11 aromatic rings. The Morgan fingerprint density at radius 1 is 0.203 bits per heavy atom. The number of rotatable bonds is 12. The molecule has 3 heteroatoms. The number of benzene rings is 11. The lowest BCUT2D eigenvalue weighted by Gasteiger charge is -2.33. The molecule has 11 rings (SSSR count). The molecular formula is C66H47FN2. The fraction of sp³-hybridized carbons (Fsp3) is 0. The van der Waals surface area contributed by atoms with Crippen molar-refractivity contribution in [2.24, 2.45) is 0 Å². The first-order valence-corrected chi connectivity index (χ1v) is 23.3. The summed E-state index contributed by atoms with van der Waals surface area (Å²) < 4.78 is 14.9. The van der Waals surface area contributed by atoms with E-state index in [-0.39, 0.29) is 5.82 Å². The minimum absolute atomic E-state index is 0.283. The Morgan fingerprint density at radius 3 is 0.696 bits per heavy atom. The Labute approximate surface area is 404 Å². The Bertz CT molecular complexity index is 3250. The molecule has 0 aliphatic carbocycles. The highest BCUT2D eigenvalue weighted by Gasteiger charge is 2.25. The van der Waals surface area contributed by atoms with Crippen LogP contribution in [0.25, 0.3) is 66.8 Å². The largest absolute Gasteiger partial charge is 0.310 e. The molecule has 0 bridgehead atoms. The van der Waals surface area contributed by atoms with Gasteiger partial charge in [-0.1, -0.05) is 212 Å². The van der Waals surface area contributed by atoms with Crippen LogP contribution < -0.4 is 9.80 Å². The Hall–Kier alpha value is -9.05. The lowest BCUT2D eigenvalue weighted by atomic mass is 9.93. The van der Waals surface area contributed by atoms with E-state index in [2.05, 4.69) is 259 Å². The van der Waals surface area contributed by atoms with Crippen LogP contribution in [0.15, 0.2) is 285 Å². The number of hydrogen-bond acceptors (Lipinski definition) is 2. The van der Waals surface area contributed by atoms with Crippen molar-refractivity contribution in [1.29, 1.82) is 0 Å². The summed E-state index contributed by atoms with van der Waals surface area (Å²) in [5, 5.41) is 0. The van der Waals surface area contributed by atoms with Gasteiger partial charge in [-0.2, -0.15) is 0 Å². The molecule has 0 spiro atoms. The maximum atomic E-state index is 14.9. The van der Waals surface area contributed by atoms with Gasteiger partial charge in [0, 0.05) is 33.9 Å². The Kier molecular flexibility index (Phi) is 12.0. The molecular weight excluding hydrogens is 840 g/mol. The topological polar surface area (TPSA) is 6.48 Å². The van der Waals surface area contributed by atoms with Crippen molar-refractivity contribution in [1.82, 2.24) is 0 Å². The molecule has 0 heterocycles. The van der Waals surface area contributed by atoms with Crippen LogP contribution in [0.5, 0.6) is 0 Å². The van der Waals surface area contributed by atoms with Crippen LogP contribution in [0.3, 0.4) is 0 Å². The van der Waals surface area contributed by atoms with Gasteiger partial charge in [-0.3, -0.25) is 0 Å². The minimum atomic E-state index is -0.283. The molecule has 0 saturated carbocycles. The number of nitrogens with zero attached hydrogens (tertiary/aromatic N) is 2.